The molecule has 5 rings (SSSR count). The third kappa shape index (κ3) is 4.13. The van der Waals surface area contributed by atoms with Gasteiger partial charge >= 0.3 is 12.2 Å². The van der Waals surface area contributed by atoms with Crippen molar-refractivity contribution in [3.05, 3.63) is 53.6 Å². The van der Waals surface area contributed by atoms with E-state index in [1.165, 1.54) is 15.6 Å². The molecule has 2 fully saturated rings. The van der Waals surface area contributed by atoms with Crippen LogP contribution in [0.15, 0.2) is 36.7 Å². The van der Waals surface area contributed by atoms with Gasteiger partial charge in [-0.25, -0.2) is 18.7 Å². The van der Waals surface area contributed by atoms with E-state index in [1.807, 2.05) is 0 Å². The topological polar surface area (TPSA) is 86.0 Å². The molecular weight excluding hydrogens is 456 g/mol. The number of anilines is 2. The highest BCUT2D eigenvalue weighted by atomic mass is 19.4. The lowest BCUT2D eigenvalue weighted by atomic mass is 9.97. The van der Waals surface area contributed by atoms with E-state index in [1.54, 1.807) is 17.2 Å². The third-order valence-corrected chi connectivity index (χ3v) is 6.27. The van der Waals surface area contributed by atoms with Gasteiger partial charge in [0, 0.05) is 25.8 Å². The van der Waals surface area contributed by atoms with Gasteiger partial charge in [0.1, 0.15) is 17.3 Å². The number of nitrogens with zero attached hydrogens (tertiary/aromatic N) is 5. The highest BCUT2D eigenvalue weighted by molar-refractivity contribution is 5.93. The van der Waals surface area contributed by atoms with E-state index >= 15 is 0 Å². The number of hydrogen-bond acceptors (Lipinski definition) is 5. The summed E-state index contributed by atoms with van der Waals surface area (Å²) in [5, 5.41) is 16.6. The van der Waals surface area contributed by atoms with Crippen LogP contribution < -0.4 is 10.2 Å². The van der Waals surface area contributed by atoms with Crippen molar-refractivity contribution in [3.63, 3.8) is 0 Å². The minimum absolute atomic E-state index is 0.124. The molecule has 2 saturated heterocycles. The first-order valence-corrected chi connectivity index (χ1v) is 10.9. The molecule has 180 valence electrons. The first kappa shape index (κ1) is 22.4. The van der Waals surface area contributed by atoms with Crippen molar-refractivity contribution in [2.75, 3.05) is 29.9 Å². The Morgan fingerprint density at radius 3 is 2.74 bits per heavy atom. The highest BCUT2D eigenvalue weighted by Crippen LogP contribution is 2.42. The summed E-state index contributed by atoms with van der Waals surface area (Å²) in [5.74, 6) is -0.328. The van der Waals surface area contributed by atoms with Crippen LogP contribution in [0.25, 0.3) is 5.65 Å². The fraction of sp³-hybridized carbons (Fsp3) is 0.409. The minimum atomic E-state index is -4.61. The Morgan fingerprint density at radius 2 is 2.00 bits per heavy atom. The van der Waals surface area contributed by atoms with E-state index in [4.69, 9.17) is 0 Å². The number of benzene rings is 1. The summed E-state index contributed by atoms with van der Waals surface area (Å²) in [7, 11) is 0. The number of β-amino-alcohol motifs (C(OH)–C–C–N with tert-alkyl or cyclic N) is 1. The fourth-order valence-electron chi connectivity index (χ4n) is 4.66. The van der Waals surface area contributed by atoms with Crippen molar-refractivity contribution in [2.24, 2.45) is 0 Å². The number of amides is 2. The Balaban J connectivity index is 1.46. The van der Waals surface area contributed by atoms with Crippen LogP contribution in [0, 0.1) is 5.82 Å². The van der Waals surface area contributed by atoms with Gasteiger partial charge in [-0.3, -0.25) is 0 Å². The van der Waals surface area contributed by atoms with Crippen molar-refractivity contribution < 1.29 is 27.5 Å². The van der Waals surface area contributed by atoms with Crippen LogP contribution in [-0.2, 0) is 6.18 Å². The number of urea groups is 1. The quantitative estimate of drug-likeness (QED) is 0.559. The number of aliphatic hydroxyl groups excluding tert-OH is 1. The minimum Gasteiger partial charge on any atom is -0.391 e. The summed E-state index contributed by atoms with van der Waals surface area (Å²) in [6, 6.07) is 3.07. The number of rotatable bonds is 3. The number of carbonyl (C=O) groups excluding carboxylic acids is 1. The molecule has 8 nitrogen and oxygen atoms in total. The average molecular weight is 478 g/mol. The van der Waals surface area contributed by atoms with Crippen LogP contribution >= 0.6 is 0 Å². The van der Waals surface area contributed by atoms with Crippen LogP contribution in [0.2, 0.25) is 0 Å². The lowest BCUT2D eigenvalue weighted by molar-refractivity contribution is -0.138. The van der Waals surface area contributed by atoms with Crippen LogP contribution in [0.5, 0.6) is 0 Å². The second-order valence-corrected chi connectivity index (χ2v) is 8.51. The number of nitrogens with one attached hydrogen (secondary N) is 1. The van der Waals surface area contributed by atoms with Crippen molar-refractivity contribution in [1.82, 2.24) is 19.5 Å². The smallest absolute Gasteiger partial charge is 0.391 e. The summed E-state index contributed by atoms with van der Waals surface area (Å²) in [6.07, 6.45) is -0.590. The zero-order valence-electron chi connectivity index (χ0n) is 18.0. The highest BCUT2D eigenvalue weighted by Gasteiger charge is 2.38. The standard InChI is InChI=1S/C22H22F4N6O2/c23-13-3-4-16(22(24,25)26)15(10-13)18-2-1-7-31(18)19-6-9-32-20(29-19)17(11-27-32)28-21(34)30-8-5-14(33)12-30/h3-4,6,9-11,14,18,33H,1-2,5,7-8,12H2,(H,28,34)/t14-,18+/m0/s1. The van der Waals surface area contributed by atoms with Crippen LogP contribution in [0.4, 0.5) is 33.9 Å². The molecule has 34 heavy (non-hydrogen) atoms. The average Bonchev–Trinajstić information content (AvgIpc) is 3.52. The summed E-state index contributed by atoms with van der Waals surface area (Å²) in [5.41, 5.74) is -0.324. The first-order valence-electron chi connectivity index (χ1n) is 10.9. The lowest BCUT2D eigenvalue weighted by Crippen LogP contribution is -2.33. The molecular formula is C22H22F4N6O2. The second kappa shape index (κ2) is 8.42. The van der Waals surface area contributed by atoms with Gasteiger partial charge in [0.15, 0.2) is 5.65 Å². The van der Waals surface area contributed by atoms with Gasteiger partial charge in [-0.05, 0) is 49.1 Å². The maximum Gasteiger partial charge on any atom is 0.416 e. The van der Waals surface area contributed by atoms with Crippen LogP contribution in [0.3, 0.4) is 0 Å². The van der Waals surface area contributed by atoms with Gasteiger partial charge < -0.3 is 20.2 Å². The number of hydrogen-bond donors (Lipinski definition) is 2. The Hall–Kier alpha value is -3.41. The van der Waals surface area contributed by atoms with Gasteiger partial charge in [-0.2, -0.15) is 18.3 Å². The van der Waals surface area contributed by atoms with Gasteiger partial charge in [0.25, 0.3) is 0 Å². The molecule has 0 radical (unpaired) electrons. The molecule has 0 unspecified atom stereocenters. The summed E-state index contributed by atoms with van der Waals surface area (Å²) in [4.78, 5) is 20.3. The fourth-order valence-corrected chi connectivity index (χ4v) is 4.66. The largest absolute Gasteiger partial charge is 0.416 e. The lowest BCUT2D eigenvalue weighted by Gasteiger charge is -2.28. The van der Waals surface area contributed by atoms with Gasteiger partial charge in [0.05, 0.1) is 23.9 Å². The molecule has 0 saturated carbocycles. The van der Waals surface area contributed by atoms with Crippen molar-refractivity contribution in [2.45, 2.75) is 37.6 Å². The number of alkyl halides is 3. The van der Waals surface area contributed by atoms with E-state index in [0.29, 0.717) is 49.5 Å². The number of fused-ring (bicyclic) bond motifs is 1. The molecule has 0 spiro atoms. The molecule has 2 atom stereocenters. The third-order valence-electron chi connectivity index (χ3n) is 6.27. The monoisotopic (exact) mass is 478 g/mol. The van der Waals surface area contributed by atoms with E-state index in [9.17, 15) is 27.5 Å². The molecule has 2 aliphatic rings. The van der Waals surface area contributed by atoms with E-state index in [0.717, 1.165) is 18.2 Å². The summed E-state index contributed by atoms with van der Waals surface area (Å²) >= 11 is 0. The molecule has 1 aromatic carbocycles. The van der Waals surface area contributed by atoms with Gasteiger partial charge in [0.2, 0.25) is 0 Å². The molecule has 2 amide bonds. The first-order chi connectivity index (χ1) is 16.2. The number of halogens is 4. The molecule has 4 heterocycles. The summed E-state index contributed by atoms with van der Waals surface area (Å²) < 4.78 is 56.3. The van der Waals surface area contributed by atoms with Crippen molar-refractivity contribution in [1.29, 1.82) is 0 Å². The maximum absolute atomic E-state index is 13.9. The predicted octanol–water partition coefficient (Wildman–Crippen LogP) is 3.83. The molecule has 2 aliphatic heterocycles. The van der Waals surface area contributed by atoms with E-state index < -0.39 is 35.7 Å². The number of aliphatic hydroxyl groups is 1. The normalized spacial score (nSPS) is 21.0. The van der Waals surface area contributed by atoms with Crippen molar-refractivity contribution in [3.8, 4) is 0 Å². The second-order valence-electron chi connectivity index (χ2n) is 8.51. The molecule has 12 heteroatoms. The molecule has 3 aromatic rings. The number of aromatic nitrogens is 3. The molecule has 2 N–H and O–H groups in total. The van der Waals surface area contributed by atoms with Crippen molar-refractivity contribution >= 4 is 23.2 Å². The van der Waals surface area contributed by atoms with Crippen LogP contribution in [0.1, 0.15) is 36.4 Å². The van der Waals surface area contributed by atoms with E-state index in [2.05, 4.69) is 15.4 Å². The molecule has 0 aliphatic carbocycles. The van der Waals surface area contributed by atoms with Crippen LogP contribution in [-0.4, -0.2) is 56.4 Å². The Bertz CT molecular complexity index is 1230. The Labute approximate surface area is 191 Å². The number of likely N-dealkylation sites (tertiary alicyclic amines) is 1. The zero-order valence-corrected chi connectivity index (χ0v) is 18.0. The van der Waals surface area contributed by atoms with E-state index in [-0.39, 0.29) is 12.1 Å². The zero-order chi connectivity index (χ0) is 24.0. The Morgan fingerprint density at radius 1 is 1.18 bits per heavy atom. The molecule has 0 bridgehead atoms. The molecule has 2 aromatic heterocycles. The van der Waals surface area contributed by atoms with Gasteiger partial charge in [-0.1, -0.05) is 0 Å². The number of carbonyl (C=O) groups is 1. The Kier molecular flexibility index (Phi) is 5.54. The van der Waals surface area contributed by atoms with Gasteiger partial charge in [-0.15, -0.1) is 0 Å². The summed E-state index contributed by atoms with van der Waals surface area (Å²) in [6.45, 7) is 1.10. The SMILES string of the molecule is O=C(Nc1cnn2ccc(N3CCC[C@@H]3c3cc(F)ccc3C(F)(F)F)nc12)N1CC[C@H](O)C1. The predicted molar refractivity (Wildman–Crippen MR) is 115 cm³/mol. The maximum atomic E-state index is 13.9.